The molecule has 17 heavy (non-hydrogen) atoms. The van der Waals surface area contributed by atoms with E-state index in [0.29, 0.717) is 25.1 Å². The summed E-state index contributed by atoms with van der Waals surface area (Å²) in [5.74, 6) is 1.47. The Hall–Kier alpha value is -1.36. The van der Waals surface area contributed by atoms with Crippen LogP contribution in [0.15, 0.2) is 12.4 Å². The topological polar surface area (TPSA) is 64.3 Å². The van der Waals surface area contributed by atoms with Gasteiger partial charge in [-0.3, -0.25) is 4.98 Å². The molecule has 2 rings (SSSR count). The summed E-state index contributed by atoms with van der Waals surface area (Å²) in [6.07, 6.45) is 7.18. The summed E-state index contributed by atoms with van der Waals surface area (Å²) in [5, 5.41) is 0. The Balaban J connectivity index is 2.13. The third-order valence-electron chi connectivity index (χ3n) is 3.07. The van der Waals surface area contributed by atoms with Crippen LogP contribution in [0.1, 0.15) is 26.2 Å². The number of nitrogens with two attached hydrogens (primary N) is 1. The summed E-state index contributed by atoms with van der Waals surface area (Å²) in [4.78, 5) is 10.9. The van der Waals surface area contributed by atoms with Crippen molar-refractivity contribution in [1.82, 2.24) is 9.97 Å². The first kappa shape index (κ1) is 12.1. The first-order valence-corrected chi connectivity index (χ1v) is 6.26. The van der Waals surface area contributed by atoms with Gasteiger partial charge in [-0.05, 0) is 26.2 Å². The Bertz CT molecular complexity index is 354. The highest BCUT2D eigenvalue weighted by Gasteiger charge is 2.25. The number of ether oxygens (including phenoxy) is 1. The highest BCUT2D eigenvalue weighted by atomic mass is 16.5. The van der Waals surface area contributed by atoms with E-state index < -0.39 is 0 Å². The van der Waals surface area contributed by atoms with Crippen molar-refractivity contribution in [2.75, 3.05) is 24.6 Å². The van der Waals surface area contributed by atoms with E-state index in [1.807, 2.05) is 6.92 Å². The summed E-state index contributed by atoms with van der Waals surface area (Å²) in [6, 6.07) is 0.574. The first-order valence-electron chi connectivity index (χ1n) is 6.26. The van der Waals surface area contributed by atoms with E-state index >= 15 is 0 Å². The van der Waals surface area contributed by atoms with Crippen molar-refractivity contribution in [3.63, 3.8) is 0 Å². The van der Waals surface area contributed by atoms with E-state index in [1.54, 1.807) is 12.4 Å². The molecule has 1 aromatic heterocycles. The van der Waals surface area contributed by atoms with Crippen molar-refractivity contribution >= 4 is 5.82 Å². The fraction of sp³-hybridized carbons (Fsp3) is 0.667. The van der Waals surface area contributed by atoms with Crippen LogP contribution in [0.25, 0.3) is 0 Å². The summed E-state index contributed by atoms with van der Waals surface area (Å²) in [7, 11) is 0. The van der Waals surface area contributed by atoms with Crippen LogP contribution in [0.3, 0.4) is 0 Å². The highest BCUT2D eigenvalue weighted by Crippen LogP contribution is 2.28. The van der Waals surface area contributed by atoms with Gasteiger partial charge in [0.05, 0.1) is 19.0 Å². The molecular formula is C12H20N4O. The molecule has 1 aromatic rings. The summed E-state index contributed by atoms with van der Waals surface area (Å²) in [5.41, 5.74) is 5.66. The molecule has 1 aliphatic carbocycles. The van der Waals surface area contributed by atoms with Crippen LogP contribution in [0.2, 0.25) is 0 Å². The normalized spacial score (nSPS) is 15.4. The smallest absolute Gasteiger partial charge is 0.234 e. The fourth-order valence-electron chi connectivity index (χ4n) is 2.02. The van der Waals surface area contributed by atoms with Crippen molar-refractivity contribution in [1.29, 1.82) is 0 Å². The predicted molar refractivity (Wildman–Crippen MR) is 67.2 cm³/mol. The van der Waals surface area contributed by atoms with Crippen molar-refractivity contribution in [3.8, 4) is 5.88 Å². The van der Waals surface area contributed by atoms with Gasteiger partial charge in [-0.15, -0.1) is 0 Å². The molecule has 0 aromatic carbocycles. The zero-order chi connectivity index (χ0) is 12.1. The maximum Gasteiger partial charge on any atom is 0.234 e. The zero-order valence-electron chi connectivity index (χ0n) is 10.3. The maximum absolute atomic E-state index is 5.66. The largest absolute Gasteiger partial charge is 0.477 e. The average Bonchev–Trinajstić information content (AvgIpc) is 2.27. The van der Waals surface area contributed by atoms with Crippen LogP contribution in [-0.2, 0) is 0 Å². The second-order valence-corrected chi connectivity index (χ2v) is 4.22. The third kappa shape index (κ3) is 2.85. The standard InChI is InChI=1S/C12H20N4O/c1-2-17-12-9-14-8-11(15-12)16(7-6-13)10-4-3-5-10/h8-10H,2-7,13H2,1H3. The van der Waals surface area contributed by atoms with Crippen molar-refractivity contribution in [2.24, 2.45) is 5.73 Å². The lowest BCUT2D eigenvalue weighted by Gasteiger charge is -2.38. The van der Waals surface area contributed by atoms with Crippen molar-refractivity contribution in [2.45, 2.75) is 32.2 Å². The molecule has 5 heteroatoms. The molecule has 0 bridgehead atoms. The second kappa shape index (κ2) is 5.82. The lowest BCUT2D eigenvalue weighted by atomic mass is 9.91. The van der Waals surface area contributed by atoms with Gasteiger partial charge >= 0.3 is 0 Å². The number of rotatable bonds is 6. The van der Waals surface area contributed by atoms with Gasteiger partial charge in [-0.2, -0.15) is 4.98 Å². The molecule has 1 fully saturated rings. The SMILES string of the molecule is CCOc1cncc(N(CCN)C2CCC2)n1. The number of hydrogen-bond donors (Lipinski definition) is 1. The van der Waals surface area contributed by atoms with E-state index in [4.69, 9.17) is 10.5 Å². The fourth-order valence-corrected chi connectivity index (χ4v) is 2.02. The molecule has 0 unspecified atom stereocenters. The van der Waals surface area contributed by atoms with Gasteiger partial charge in [-0.1, -0.05) is 0 Å². The Kier molecular flexibility index (Phi) is 4.14. The minimum Gasteiger partial charge on any atom is -0.477 e. The molecule has 1 heterocycles. The average molecular weight is 236 g/mol. The molecule has 0 amide bonds. The number of anilines is 1. The van der Waals surface area contributed by atoms with Crippen molar-refractivity contribution in [3.05, 3.63) is 12.4 Å². The molecule has 0 saturated heterocycles. The minimum atomic E-state index is 0.574. The van der Waals surface area contributed by atoms with Gasteiger partial charge < -0.3 is 15.4 Å². The van der Waals surface area contributed by atoms with E-state index in [-0.39, 0.29) is 0 Å². The van der Waals surface area contributed by atoms with E-state index in [1.165, 1.54) is 19.3 Å². The highest BCUT2D eigenvalue weighted by molar-refractivity contribution is 5.39. The second-order valence-electron chi connectivity index (χ2n) is 4.22. The van der Waals surface area contributed by atoms with Gasteiger partial charge in [0.25, 0.3) is 0 Å². The zero-order valence-corrected chi connectivity index (χ0v) is 10.3. The third-order valence-corrected chi connectivity index (χ3v) is 3.07. The van der Waals surface area contributed by atoms with E-state index in [2.05, 4.69) is 14.9 Å². The molecule has 0 radical (unpaired) electrons. The van der Waals surface area contributed by atoms with Crippen LogP contribution in [0.4, 0.5) is 5.82 Å². The molecular weight excluding hydrogens is 216 g/mol. The molecule has 1 saturated carbocycles. The first-order chi connectivity index (χ1) is 8.35. The predicted octanol–water partition coefficient (Wildman–Crippen LogP) is 1.19. The lowest BCUT2D eigenvalue weighted by molar-refractivity contribution is 0.323. The van der Waals surface area contributed by atoms with Gasteiger partial charge in [0.2, 0.25) is 5.88 Å². The molecule has 0 atom stereocenters. The van der Waals surface area contributed by atoms with Crippen LogP contribution in [-0.4, -0.2) is 35.7 Å². The molecule has 0 aliphatic heterocycles. The quantitative estimate of drug-likeness (QED) is 0.804. The summed E-state index contributed by atoms with van der Waals surface area (Å²) >= 11 is 0. The number of aromatic nitrogens is 2. The van der Waals surface area contributed by atoms with Gasteiger partial charge in [-0.25, -0.2) is 0 Å². The molecule has 1 aliphatic rings. The van der Waals surface area contributed by atoms with Crippen LogP contribution < -0.4 is 15.4 Å². The number of nitrogens with zero attached hydrogens (tertiary/aromatic N) is 3. The van der Waals surface area contributed by atoms with Gasteiger partial charge in [0, 0.05) is 19.1 Å². The van der Waals surface area contributed by atoms with Crippen LogP contribution in [0, 0.1) is 0 Å². The van der Waals surface area contributed by atoms with E-state index in [0.717, 1.165) is 12.4 Å². The molecule has 94 valence electrons. The Labute approximate surface area is 102 Å². The van der Waals surface area contributed by atoms with Gasteiger partial charge in [0.1, 0.15) is 0 Å². The van der Waals surface area contributed by atoms with Crippen LogP contribution >= 0.6 is 0 Å². The molecule has 0 spiro atoms. The number of hydrogen-bond acceptors (Lipinski definition) is 5. The minimum absolute atomic E-state index is 0.574. The lowest BCUT2D eigenvalue weighted by Crippen LogP contribution is -2.43. The van der Waals surface area contributed by atoms with E-state index in [9.17, 15) is 0 Å². The van der Waals surface area contributed by atoms with Gasteiger partial charge in [0.15, 0.2) is 5.82 Å². The van der Waals surface area contributed by atoms with Crippen LogP contribution in [0.5, 0.6) is 5.88 Å². The Morgan fingerprint density at radius 2 is 2.29 bits per heavy atom. The van der Waals surface area contributed by atoms with Crippen molar-refractivity contribution < 1.29 is 4.74 Å². The monoisotopic (exact) mass is 236 g/mol. The summed E-state index contributed by atoms with van der Waals surface area (Å²) in [6.45, 7) is 4.02. The Morgan fingerprint density at radius 3 is 2.88 bits per heavy atom. The summed E-state index contributed by atoms with van der Waals surface area (Å²) < 4.78 is 5.37. The maximum atomic E-state index is 5.66. The Morgan fingerprint density at radius 1 is 1.47 bits per heavy atom. The molecule has 5 nitrogen and oxygen atoms in total. The molecule has 2 N–H and O–H groups in total.